The molecule has 4 nitrogen and oxygen atoms in total. The van der Waals surface area contributed by atoms with Crippen LogP contribution in [0.3, 0.4) is 0 Å². The van der Waals surface area contributed by atoms with Crippen LogP contribution < -0.4 is 10.4 Å². The maximum atomic E-state index is 14.0. The number of ketones is 1. The number of hydrogen-bond donors (Lipinski definition) is 0. The van der Waals surface area contributed by atoms with Crippen LogP contribution in [-0.4, -0.2) is 40.9 Å². The highest BCUT2D eigenvalue weighted by molar-refractivity contribution is 6.99. The number of Topliss-reactive ketones (excluding diaryl/α,β-unsaturated/α-hetero) is 1. The lowest BCUT2D eigenvalue weighted by atomic mass is 10.0. The molecular weight excluding hydrogens is 529 g/mol. The maximum absolute atomic E-state index is 14.0. The SMILES string of the molecule is CC(C)(C)[Si](C)(C)O[C@@H](C[C@@H](CC=O)O[Si](c1ccccc1)(c1ccccc1)C(C)(C)C)C(=O)c1ccccc1. The van der Waals surface area contributed by atoms with Gasteiger partial charge in [0.15, 0.2) is 14.1 Å². The summed E-state index contributed by atoms with van der Waals surface area (Å²) >= 11 is 0. The van der Waals surface area contributed by atoms with Gasteiger partial charge in [0.1, 0.15) is 12.4 Å². The Morgan fingerprint density at radius 2 is 1.18 bits per heavy atom. The van der Waals surface area contributed by atoms with Gasteiger partial charge in [0.25, 0.3) is 8.32 Å². The first-order valence-electron chi connectivity index (χ1n) is 14.2. The second-order valence-corrected chi connectivity index (χ2v) is 22.1. The molecule has 0 unspecified atom stereocenters. The molecule has 0 aliphatic heterocycles. The zero-order valence-electron chi connectivity index (χ0n) is 25.4. The summed E-state index contributed by atoms with van der Waals surface area (Å²) in [6, 6.07) is 30.1. The third kappa shape index (κ3) is 7.16. The summed E-state index contributed by atoms with van der Waals surface area (Å²) in [6.07, 6.45) is 0.199. The van der Waals surface area contributed by atoms with E-state index in [9.17, 15) is 9.59 Å². The summed E-state index contributed by atoms with van der Waals surface area (Å²) < 4.78 is 14.1. The second kappa shape index (κ2) is 12.9. The highest BCUT2D eigenvalue weighted by Gasteiger charge is 2.52. The predicted molar refractivity (Wildman–Crippen MR) is 171 cm³/mol. The van der Waals surface area contributed by atoms with Gasteiger partial charge in [-0.15, -0.1) is 0 Å². The van der Waals surface area contributed by atoms with Crippen LogP contribution in [0, 0.1) is 0 Å². The average Bonchev–Trinajstić information content (AvgIpc) is 2.91. The molecule has 0 heterocycles. The number of aldehydes is 1. The zero-order chi connectivity index (χ0) is 29.6. The molecule has 0 fully saturated rings. The largest absolute Gasteiger partial charge is 0.406 e. The summed E-state index contributed by atoms with van der Waals surface area (Å²) in [5.74, 6) is -0.0626. The van der Waals surface area contributed by atoms with Crippen molar-refractivity contribution in [3.8, 4) is 0 Å². The van der Waals surface area contributed by atoms with E-state index >= 15 is 0 Å². The summed E-state index contributed by atoms with van der Waals surface area (Å²) in [4.78, 5) is 26.1. The fraction of sp³-hybridized carbons (Fsp3) is 0.412. The Morgan fingerprint density at radius 3 is 1.57 bits per heavy atom. The van der Waals surface area contributed by atoms with E-state index in [-0.39, 0.29) is 22.3 Å². The van der Waals surface area contributed by atoms with Crippen LogP contribution in [-0.2, 0) is 13.6 Å². The fourth-order valence-electron chi connectivity index (χ4n) is 5.01. The molecule has 3 aromatic carbocycles. The minimum atomic E-state index is -2.94. The molecule has 0 aliphatic rings. The van der Waals surface area contributed by atoms with Crippen LogP contribution in [0.15, 0.2) is 91.0 Å². The number of hydrogen-bond acceptors (Lipinski definition) is 4. The first-order chi connectivity index (χ1) is 18.7. The normalized spacial score (nSPS) is 14.4. The van der Waals surface area contributed by atoms with Crippen LogP contribution in [0.2, 0.25) is 23.2 Å². The van der Waals surface area contributed by atoms with Gasteiger partial charge in [-0.1, -0.05) is 133 Å². The van der Waals surface area contributed by atoms with E-state index in [0.717, 1.165) is 16.7 Å². The molecule has 2 atom stereocenters. The van der Waals surface area contributed by atoms with Crippen molar-refractivity contribution in [3.05, 3.63) is 96.6 Å². The van der Waals surface area contributed by atoms with Crippen molar-refractivity contribution < 1.29 is 18.4 Å². The van der Waals surface area contributed by atoms with Gasteiger partial charge in [0.05, 0.1) is 6.10 Å². The van der Waals surface area contributed by atoms with Crippen LogP contribution >= 0.6 is 0 Å². The minimum absolute atomic E-state index is 0.0626. The summed E-state index contributed by atoms with van der Waals surface area (Å²) in [6.45, 7) is 17.5. The lowest BCUT2D eigenvalue weighted by Crippen LogP contribution is -2.68. The van der Waals surface area contributed by atoms with Gasteiger partial charge in [-0.05, 0) is 33.5 Å². The van der Waals surface area contributed by atoms with E-state index in [1.807, 2.05) is 66.7 Å². The number of rotatable bonds is 12. The molecule has 0 N–H and O–H groups in total. The van der Waals surface area contributed by atoms with Crippen molar-refractivity contribution in [1.82, 2.24) is 0 Å². The van der Waals surface area contributed by atoms with Crippen LogP contribution in [0.5, 0.6) is 0 Å². The van der Waals surface area contributed by atoms with Crippen molar-refractivity contribution in [2.45, 2.75) is 89.8 Å². The van der Waals surface area contributed by atoms with Gasteiger partial charge in [-0.3, -0.25) is 4.79 Å². The molecule has 0 saturated heterocycles. The van der Waals surface area contributed by atoms with E-state index < -0.39 is 28.8 Å². The highest BCUT2D eigenvalue weighted by atomic mass is 28.4. The maximum Gasteiger partial charge on any atom is 0.261 e. The zero-order valence-corrected chi connectivity index (χ0v) is 27.4. The Kier molecular flexibility index (Phi) is 10.3. The summed E-state index contributed by atoms with van der Waals surface area (Å²) in [5.41, 5.74) is 0.613. The molecule has 0 amide bonds. The Hall–Kier alpha value is -2.65. The summed E-state index contributed by atoms with van der Waals surface area (Å²) in [7, 11) is -5.27. The molecule has 0 radical (unpaired) electrons. The van der Waals surface area contributed by atoms with E-state index in [1.54, 1.807) is 0 Å². The third-order valence-corrected chi connectivity index (χ3v) is 17.8. The molecular formula is C34H46O4Si2. The molecule has 3 aromatic rings. The first-order valence-corrected chi connectivity index (χ1v) is 19.0. The number of carbonyl (C=O) groups excluding carboxylic acids is 2. The van der Waals surface area contributed by atoms with Crippen LogP contribution in [0.1, 0.15) is 64.7 Å². The smallest absolute Gasteiger partial charge is 0.261 e. The average molecular weight is 575 g/mol. The van der Waals surface area contributed by atoms with E-state index in [4.69, 9.17) is 8.85 Å². The topological polar surface area (TPSA) is 52.6 Å². The minimum Gasteiger partial charge on any atom is -0.406 e. The molecule has 40 heavy (non-hydrogen) atoms. The van der Waals surface area contributed by atoms with Gasteiger partial charge in [0, 0.05) is 18.4 Å². The summed E-state index contributed by atoms with van der Waals surface area (Å²) in [5, 5.41) is 1.94. The molecule has 3 rings (SSSR count). The molecule has 0 saturated carbocycles. The highest BCUT2D eigenvalue weighted by Crippen LogP contribution is 2.40. The first kappa shape index (κ1) is 31.9. The fourth-order valence-corrected chi connectivity index (χ4v) is 11.0. The molecule has 214 valence electrons. The van der Waals surface area contributed by atoms with E-state index in [1.165, 1.54) is 0 Å². The van der Waals surface area contributed by atoms with E-state index in [0.29, 0.717) is 12.0 Å². The van der Waals surface area contributed by atoms with Gasteiger partial charge in [0.2, 0.25) is 0 Å². The van der Waals surface area contributed by atoms with Gasteiger partial charge in [-0.25, -0.2) is 0 Å². The third-order valence-electron chi connectivity index (χ3n) is 8.19. The Bertz CT molecular complexity index is 1190. The number of benzene rings is 3. The molecule has 0 aliphatic carbocycles. The molecule has 6 heteroatoms. The molecule has 0 bridgehead atoms. The van der Waals surface area contributed by atoms with E-state index in [2.05, 4.69) is 78.9 Å². The predicted octanol–water partition coefficient (Wildman–Crippen LogP) is 7.18. The lowest BCUT2D eigenvalue weighted by Gasteiger charge is -2.46. The second-order valence-electron chi connectivity index (χ2n) is 13.1. The van der Waals surface area contributed by atoms with Gasteiger partial charge >= 0.3 is 0 Å². The number of carbonyl (C=O) groups is 2. The Labute approximate surface area is 243 Å². The van der Waals surface area contributed by atoms with Crippen molar-refractivity contribution in [3.63, 3.8) is 0 Å². The lowest BCUT2D eigenvalue weighted by molar-refractivity contribution is -0.109. The van der Waals surface area contributed by atoms with Gasteiger partial charge in [-0.2, -0.15) is 0 Å². The standard InChI is InChI=1S/C34H46O4Si2/c1-33(2,3)39(7,8)38-31(32(36)27-18-12-9-13-19-27)26-28(24-25-35)37-40(34(4,5)6,29-20-14-10-15-21-29)30-22-16-11-17-23-30/h9-23,25,28,31H,24,26H2,1-8H3/t28-,31+/m1/s1. The molecule has 0 aromatic heterocycles. The monoisotopic (exact) mass is 574 g/mol. The van der Waals surface area contributed by atoms with Crippen molar-refractivity contribution in [2.24, 2.45) is 0 Å². The quantitative estimate of drug-likeness (QED) is 0.131. The van der Waals surface area contributed by atoms with Crippen molar-refractivity contribution >= 4 is 39.1 Å². The van der Waals surface area contributed by atoms with Crippen molar-refractivity contribution in [2.75, 3.05) is 0 Å². The van der Waals surface area contributed by atoms with Crippen LogP contribution in [0.25, 0.3) is 0 Å². The Balaban J connectivity index is 2.13. The Morgan fingerprint density at radius 1 is 0.725 bits per heavy atom. The van der Waals surface area contributed by atoms with Gasteiger partial charge < -0.3 is 13.6 Å². The van der Waals surface area contributed by atoms with Crippen LogP contribution in [0.4, 0.5) is 0 Å². The van der Waals surface area contributed by atoms with Crippen molar-refractivity contribution in [1.29, 1.82) is 0 Å². The molecule has 0 spiro atoms.